The molecule has 0 fully saturated rings. The van der Waals surface area contributed by atoms with Gasteiger partial charge in [0.2, 0.25) is 0 Å². The number of hydrogen-bond acceptors (Lipinski definition) is 2. The van der Waals surface area contributed by atoms with Gasteiger partial charge in [-0.2, -0.15) is 0 Å². The molecule has 0 radical (unpaired) electrons. The molecule has 0 atom stereocenters. The van der Waals surface area contributed by atoms with E-state index in [1.807, 2.05) is 13.8 Å². The van der Waals surface area contributed by atoms with Crippen molar-refractivity contribution in [2.24, 2.45) is 5.73 Å². The minimum Gasteiger partial charge on any atom is -0.466 e. The smallest absolute Gasteiger partial charge is 0.104 e. The molecule has 1 heterocycles. The van der Waals surface area contributed by atoms with Crippen molar-refractivity contribution in [3.05, 3.63) is 23.2 Å². The molecule has 0 aliphatic rings. The highest BCUT2D eigenvalue weighted by Crippen LogP contribution is 2.18. The minimum atomic E-state index is -0.0857. The Morgan fingerprint density at radius 2 is 2.00 bits per heavy atom. The van der Waals surface area contributed by atoms with Crippen LogP contribution in [0.15, 0.2) is 10.5 Å². The zero-order valence-electron chi connectivity index (χ0n) is 8.98. The Labute approximate surface area is 80.1 Å². The molecule has 0 aliphatic heterocycles. The number of hydrogen-bond donors (Lipinski definition) is 1. The van der Waals surface area contributed by atoms with Gasteiger partial charge in [0.05, 0.1) is 0 Å². The third-order valence-electron chi connectivity index (χ3n) is 2.18. The lowest BCUT2D eigenvalue weighted by molar-refractivity contribution is 0.468. The summed E-state index contributed by atoms with van der Waals surface area (Å²) in [7, 11) is 0. The first kappa shape index (κ1) is 10.3. The van der Waals surface area contributed by atoms with Gasteiger partial charge in [-0.1, -0.05) is 0 Å². The van der Waals surface area contributed by atoms with Crippen LogP contribution in [0.2, 0.25) is 0 Å². The zero-order chi connectivity index (χ0) is 10.1. The molecule has 0 saturated heterocycles. The number of aryl methyl sites for hydroxylation is 3. The second kappa shape index (κ2) is 3.54. The molecule has 2 N–H and O–H groups in total. The number of nitrogens with two attached hydrogens (primary N) is 1. The predicted molar refractivity (Wildman–Crippen MR) is 54.8 cm³/mol. The summed E-state index contributed by atoms with van der Waals surface area (Å²) in [4.78, 5) is 0. The molecule has 1 aromatic heterocycles. The van der Waals surface area contributed by atoms with Gasteiger partial charge in [0, 0.05) is 5.54 Å². The molecule has 0 aromatic carbocycles. The molecule has 13 heavy (non-hydrogen) atoms. The quantitative estimate of drug-likeness (QED) is 0.778. The standard InChI is InChI=1S/C11H19NO/c1-8-7-10(9(2)13-8)5-6-11(3,4)12/h7H,5-6,12H2,1-4H3. The van der Waals surface area contributed by atoms with Gasteiger partial charge in [-0.15, -0.1) is 0 Å². The molecule has 0 bridgehead atoms. The average molecular weight is 181 g/mol. The second-order valence-corrected chi connectivity index (χ2v) is 4.43. The Bertz CT molecular complexity index is 281. The van der Waals surface area contributed by atoms with Crippen LogP contribution in [-0.2, 0) is 6.42 Å². The molecule has 0 amide bonds. The van der Waals surface area contributed by atoms with Crippen molar-refractivity contribution in [1.29, 1.82) is 0 Å². The Morgan fingerprint density at radius 1 is 1.38 bits per heavy atom. The van der Waals surface area contributed by atoms with Gasteiger partial charge in [0.25, 0.3) is 0 Å². The normalized spacial score (nSPS) is 12.1. The van der Waals surface area contributed by atoms with Gasteiger partial charge in [-0.25, -0.2) is 0 Å². The molecule has 2 heteroatoms. The highest BCUT2D eigenvalue weighted by Gasteiger charge is 2.12. The van der Waals surface area contributed by atoms with Gasteiger partial charge >= 0.3 is 0 Å². The molecule has 0 aliphatic carbocycles. The third-order valence-corrected chi connectivity index (χ3v) is 2.18. The fraction of sp³-hybridized carbons (Fsp3) is 0.636. The molecule has 1 aromatic rings. The highest BCUT2D eigenvalue weighted by atomic mass is 16.3. The summed E-state index contributed by atoms with van der Waals surface area (Å²) in [6.45, 7) is 8.08. The zero-order valence-corrected chi connectivity index (χ0v) is 8.98. The molecule has 74 valence electrons. The predicted octanol–water partition coefficient (Wildman–Crippen LogP) is 2.57. The van der Waals surface area contributed by atoms with Gasteiger partial charge in [-0.3, -0.25) is 0 Å². The van der Waals surface area contributed by atoms with E-state index in [1.54, 1.807) is 0 Å². The van der Waals surface area contributed by atoms with Crippen molar-refractivity contribution in [2.45, 2.75) is 46.1 Å². The van der Waals surface area contributed by atoms with E-state index in [1.165, 1.54) is 5.56 Å². The summed E-state index contributed by atoms with van der Waals surface area (Å²) in [6, 6.07) is 2.10. The highest BCUT2D eigenvalue weighted by molar-refractivity contribution is 5.20. The van der Waals surface area contributed by atoms with Crippen molar-refractivity contribution < 1.29 is 4.42 Å². The number of rotatable bonds is 3. The Morgan fingerprint density at radius 3 is 2.38 bits per heavy atom. The van der Waals surface area contributed by atoms with Crippen LogP contribution >= 0.6 is 0 Å². The summed E-state index contributed by atoms with van der Waals surface area (Å²) in [5, 5.41) is 0. The Hall–Kier alpha value is -0.760. The van der Waals surface area contributed by atoms with Crippen molar-refractivity contribution >= 4 is 0 Å². The van der Waals surface area contributed by atoms with E-state index in [-0.39, 0.29) is 5.54 Å². The van der Waals surface area contributed by atoms with E-state index in [2.05, 4.69) is 19.9 Å². The van der Waals surface area contributed by atoms with Crippen LogP contribution in [0.3, 0.4) is 0 Å². The maximum Gasteiger partial charge on any atom is 0.104 e. The van der Waals surface area contributed by atoms with Crippen molar-refractivity contribution in [2.75, 3.05) is 0 Å². The molecule has 0 spiro atoms. The second-order valence-electron chi connectivity index (χ2n) is 4.43. The monoisotopic (exact) mass is 181 g/mol. The van der Waals surface area contributed by atoms with Gasteiger partial charge in [0.15, 0.2) is 0 Å². The van der Waals surface area contributed by atoms with Crippen LogP contribution < -0.4 is 5.73 Å². The van der Waals surface area contributed by atoms with E-state index in [0.717, 1.165) is 24.4 Å². The lowest BCUT2D eigenvalue weighted by atomic mass is 9.97. The van der Waals surface area contributed by atoms with E-state index >= 15 is 0 Å². The number of furan rings is 1. The largest absolute Gasteiger partial charge is 0.466 e. The van der Waals surface area contributed by atoms with Crippen LogP contribution in [-0.4, -0.2) is 5.54 Å². The van der Waals surface area contributed by atoms with E-state index in [0.29, 0.717) is 0 Å². The van der Waals surface area contributed by atoms with E-state index in [9.17, 15) is 0 Å². The van der Waals surface area contributed by atoms with Crippen molar-refractivity contribution in [3.63, 3.8) is 0 Å². The van der Waals surface area contributed by atoms with Gasteiger partial charge in [0.1, 0.15) is 11.5 Å². The van der Waals surface area contributed by atoms with Gasteiger partial charge in [-0.05, 0) is 52.2 Å². The van der Waals surface area contributed by atoms with E-state index < -0.39 is 0 Å². The first-order valence-electron chi connectivity index (χ1n) is 4.73. The van der Waals surface area contributed by atoms with E-state index in [4.69, 9.17) is 10.2 Å². The average Bonchev–Trinajstić information content (AvgIpc) is 2.24. The third kappa shape index (κ3) is 3.23. The van der Waals surface area contributed by atoms with Crippen LogP contribution in [0.5, 0.6) is 0 Å². The summed E-state index contributed by atoms with van der Waals surface area (Å²) in [5.41, 5.74) is 7.11. The molecule has 0 saturated carbocycles. The first-order chi connectivity index (χ1) is 5.88. The topological polar surface area (TPSA) is 39.2 Å². The van der Waals surface area contributed by atoms with Crippen LogP contribution in [0.1, 0.15) is 37.4 Å². The minimum absolute atomic E-state index is 0.0857. The Kier molecular flexibility index (Phi) is 2.81. The molecule has 0 unspecified atom stereocenters. The SMILES string of the molecule is Cc1cc(CCC(C)(C)N)c(C)o1. The molecular formula is C11H19NO. The lowest BCUT2D eigenvalue weighted by Crippen LogP contribution is -2.32. The van der Waals surface area contributed by atoms with Crippen LogP contribution in [0.4, 0.5) is 0 Å². The Balaban J connectivity index is 2.59. The van der Waals surface area contributed by atoms with Crippen molar-refractivity contribution in [1.82, 2.24) is 0 Å². The lowest BCUT2D eigenvalue weighted by Gasteiger charge is -2.17. The van der Waals surface area contributed by atoms with Gasteiger partial charge < -0.3 is 10.2 Å². The summed E-state index contributed by atoms with van der Waals surface area (Å²) >= 11 is 0. The van der Waals surface area contributed by atoms with Crippen LogP contribution in [0, 0.1) is 13.8 Å². The maximum absolute atomic E-state index is 5.91. The molecule has 1 rings (SSSR count). The fourth-order valence-corrected chi connectivity index (χ4v) is 1.39. The summed E-state index contributed by atoms with van der Waals surface area (Å²) in [6.07, 6.45) is 2.00. The first-order valence-corrected chi connectivity index (χ1v) is 4.73. The maximum atomic E-state index is 5.91. The van der Waals surface area contributed by atoms with Crippen LogP contribution in [0.25, 0.3) is 0 Å². The fourth-order valence-electron chi connectivity index (χ4n) is 1.39. The molecular weight excluding hydrogens is 162 g/mol. The summed E-state index contributed by atoms with van der Waals surface area (Å²) < 4.78 is 5.44. The molecule has 2 nitrogen and oxygen atoms in total. The van der Waals surface area contributed by atoms with Crippen molar-refractivity contribution in [3.8, 4) is 0 Å². The summed E-state index contributed by atoms with van der Waals surface area (Å²) in [5.74, 6) is 2.02.